The summed E-state index contributed by atoms with van der Waals surface area (Å²) in [6.07, 6.45) is -0.550. The summed E-state index contributed by atoms with van der Waals surface area (Å²) in [4.78, 5) is 24.4. The summed E-state index contributed by atoms with van der Waals surface area (Å²) in [5, 5.41) is 4.00. The Hall–Kier alpha value is -2.63. The van der Waals surface area contributed by atoms with Gasteiger partial charge >= 0.3 is 6.09 Å². The molecular weight excluding hydrogens is 246 g/mol. The number of carbonyl (C=O) groups is 1. The van der Waals surface area contributed by atoms with Crippen LogP contribution in [0, 0.1) is 0 Å². The smallest absolute Gasteiger partial charge is 0.390 e. The molecule has 0 spiro atoms. The molecule has 2 aromatic rings. The lowest BCUT2D eigenvalue weighted by Gasteiger charge is -2.11. The summed E-state index contributed by atoms with van der Waals surface area (Å²) in [6, 6.07) is 11.6. The quantitative estimate of drug-likeness (QED) is 0.815. The molecule has 0 unspecified atom stereocenters. The van der Waals surface area contributed by atoms with Crippen LogP contribution in [0.4, 0.5) is 4.79 Å². The summed E-state index contributed by atoms with van der Waals surface area (Å²) >= 11 is 0. The number of para-hydroxylation sites is 1. The van der Waals surface area contributed by atoms with E-state index in [4.69, 9.17) is 4.74 Å². The minimum atomic E-state index is -0.550. The molecule has 0 fully saturated rings. The van der Waals surface area contributed by atoms with Crippen molar-refractivity contribution < 1.29 is 9.53 Å². The number of aromatic nitrogens is 2. The molecule has 0 saturated carbocycles. The summed E-state index contributed by atoms with van der Waals surface area (Å²) in [6.45, 7) is 0. The second kappa shape index (κ2) is 5.34. The molecule has 1 amide bonds. The predicted octanol–water partition coefficient (Wildman–Crippen LogP) is 1.29. The average molecular weight is 259 g/mol. The van der Waals surface area contributed by atoms with Gasteiger partial charge in [-0.3, -0.25) is 4.79 Å². The maximum atomic E-state index is 11.7. The van der Waals surface area contributed by atoms with Gasteiger partial charge in [0.15, 0.2) is 0 Å². The first-order chi connectivity index (χ1) is 9.08. The van der Waals surface area contributed by atoms with Crippen LogP contribution in [0.2, 0.25) is 0 Å². The van der Waals surface area contributed by atoms with E-state index in [2.05, 4.69) is 5.10 Å². The number of amides is 1. The highest BCUT2D eigenvalue weighted by Gasteiger charge is 2.09. The van der Waals surface area contributed by atoms with Crippen LogP contribution in [0.1, 0.15) is 0 Å². The van der Waals surface area contributed by atoms with Gasteiger partial charge in [0.2, 0.25) is 5.88 Å². The first-order valence-corrected chi connectivity index (χ1v) is 5.63. The van der Waals surface area contributed by atoms with Crippen LogP contribution in [-0.4, -0.2) is 34.9 Å². The van der Waals surface area contributed by atoms with E-state index in [0.29, 0.717) is 5.69 Å². The molecule has 6 heteroatoms. The van der Waals surface area contributed by atoms with Crippen molar-refractivity contribution in [3.8, 4) is 11.6 Å². The fourth-order valence-electron chi connectivity index (χ4n) is 1.38. The van der Waals surface area contributed by atoms with Crippen molar-refractivity contribution in [3.63, 3.8) is 0 Å². The van der Waals surface area contributed by atoms with E-state index in [1.807, 2.05) is 6.07 Å². The van der Waals surface area contributed by atoms with Gasteiger partial charge in [-0.1, -0.05) is 18.2 Å². The molecular formula is C13H13N3O3. The molecule has 1 heterocycles. The van der Waals surface area contributed by atoms with Gasteiger partial charge in [-0.15, -0.1) is 5.10 Å². The van der Waals surface area contributed by atoms with E-state index in [0.717, 1.165) is 0 Å². The van der Waals surface area contributed by atoms with E-state index >= 15 is 0 Å². The molecule has 19 heavy (non-hydrogen) atoms. The standard InChI is InChI=1S/C13H13N3O3/c1-15(2)13(18)19-11-8-9-12(17)16(14-11)10-6-4-3-5-7-10/h3-9H,1-2H3. The molecule has 2 rings (SSSR count). The van der Waals surface area contributed by atoms with E-state index in [1.165, 1.54) is 21.7 Å². The van der Waals surface area contributed by atoms with Gasteiger partial charge in [0, 0.05) is 26.2 Å². The van der Waals surface area contributed by atoms with Crippen LogP contribution in [0.15, 0.2) is 47.3 Å². The molecule has 0 aliphatic rings. The second-order valence-electron chi connectivity index (χ2n) is 4.02. The van der Waals surface area contributed by atoms with Gasteiger partial charge in [-0.2, -0.15) is 4.68 Å². The highest BCUT2D eigenvalue weighted by atomic mass is 16.6. The third kappa shape index (κ3) is 2.98. The highest BCUT2D eigenvalue weighted by Crippen LogP contribution is 2.07. The van der Waals surface area contributed by atoms with Crippen molar-refractivity contribution in [1.29, 1.82) is 0 Å². The number of benzene rings is 1. The molecule has 1 aromatic carbocycles. The van der Waals surface area contributed by atoms with E-state index < -0.39 is 6.09 Å². The monoisotopic (exact) mass is 259 g/mol. The molecule has 0 aliphatic carbocycles. The fourth-order valence-corrected chi connectivity index (χ4v) is 1.38. The minimum Gasteiger partial charge on any atom is -0.390 e. The van der Waals surface area contributed by atoms with Crippen LogP contribution in [0.25, 0.3) is 5.69 Å². The zero-order valence-electron chi connectivity index (χ0n) is 10.6. The molecule has 98 valence electrons. The van der Waals surface area contributed by atoms with Crippen LogP contribution >= 0.6 is 0 Å². The average Bonchev–Trinajstić information content (AvgIpc) is 2.41. The largest absolute Gasteiger partial charge is 0.416 e. The van der Waals surface area contributed by atoms with Crippen LogP contribution in [0.3, 0.4) is 0 Å². The number of hydrogen-bond donors (Lipinski definition) is 0. The molecule has 1 aromatic heterocycles. The molecule has 0 radical (unpaired) electrons. The number of nitrogens with zero attached hydrogens (tertiary/aromatic N) is 3. The maximum absolute atomic E-state index is 11.7. The van der Waals surface area contributed by atoms with Crippen molar-refractivity contribution in [2.24, 2.45) is 0 Å². The van der Waals surface area contributed by atoms with Gasteiger partial charge in [0.25, 0.3) is 5.56 Å². The molecule has 0 N–H and O–H groups in total. The fraction of sp³-hybridized carbons (Fsp3) is 0.154. The Morgan fingerprint density at radius 2 is 1.84 bits per heavy atom. The van der Waals surface area contributed by atoms with Crippen molar-refractivity contribution in [3.05, 3.63) is 52.8 Å². The first-order valence-electron chi connectivity index (χ1n) is 5.63. The Morgan fingerprint density at radius 1 is 1.16 bits per heavy atom. The van der Waals surface area contributed by atoms with Gasteiger partial charge in [0.05, 0.1) is 5.69 Å². The van der Waals surface area contributed by atoms with Crippen molar-refractivity contribution in [2.75, 3.05) is 14.1 Å². The van der Waals surface area contributed by atoms with Crippen molar-refractivity contribution >= 4 is 6.09 Å². The summed E-state index contributed by atoms with van der Waals surface area (Å²) in [5.74, 6) is 0.0714. The minimum absolute atomic E-state index is 0.0714. The van der Waals surface area contributed by atoms with Gasteiger partial charge in [0.1, 0.15) is 0 Å². The zero-order valence-corrected chi connectivity index (χ0v) is 10.6. The maximum Gasteiger partial charge on any atom is 0.416 e. The third-order valence-corrected chi connectivity index (χ3v) is 2.33. The first kappa shape index (κ1) is 12.8. The Labute approximate surface area is 109 Å². The molecule has 6 nitrogen and oxygen atoms in total. The van der Waals surface area contributed by atoms with Crippen molar-refractivity contribution in [2.45, 2.75) is 0 Å². The van der Waals surface area contributed by atoms with Crippen LogP contribution < -0.4 is 10.3 Å². The van der Waals surface area contributed by atoms with Crippen LogP contribution in [0.5, 0.6) is 5.88 Å². The van der Waals surface area contributed by atoms with Gasteiger partial charge in [-0.25, -0.2) is 4.79 Å². The van der Waals surface area contributed by atoms with Gasteiger partial charge in [-0.05, 0) is 12.1 Å². The van der Waals surface area contributed by atoms with E-state index in [9.17, 15) is 9.59 Å². The molecule has 0 bridgehead atoms. The molecule has 0 saturated heterocycles. The third-order valence-electron chi connectivity index (χ3n) is 2.33. The zero-order chi connectivity index (χ0) is 13.8. The normalized spacial score (nSPS) is 10.0. The van der Waals surface area contributed by atoms with Crippen LogP contribution in [-0.2, 0) is 0 Å². The Bertz CT molecular complexity index is 635. The Kier molecular flexibility index (Phi) is 3.61. The Morgan fingerprint density at radius 3 is 2.47 bits per heavy atom. The summed E-state index contributed by atoms with van der Waals surface area (Å²) < 4.78 is 6.19. The molecule has 0 atom stereocenters. The second-order valence-corrected chi connectivity index (χ2v) is 4.02. The lowest BCUT2D eigenvalue weighted by atomic mass is 10.3. The van der Waals surface area contributed by atoms with Gasteiger partial charge < -0.3 is 9.64 Å². The topological polar surface area (TPSA) is 64.4 Å². The lowest BCUT2D eigenvalue weighted by molar-refractivity contribution is 0.169. The predicted molar refractivity (Wildman–Crippen MR) is 69.5 cm³/mol. The number of rotatable bonds is 2. The summed E-state index contributed by atoms with van der Waals surface area (Å²) in [5.41, 5.74) is 0.311. The highest BCUT2D eigenvalue weighted by molar-refractivity contribution is 5.69. The summed E-state index contributed by atoms with van der Waals surface area (Å²) in [7, 11) is 3.13. The number of carbonyl (C=O) groups excluding carboxylic acids is 1. The lowest BCUT2D eigenvalue weighted by Crippen LogP contribution is -2.27. The van der Waals surface area contributed by atoms with Crippen molar-refractivity contribution in [1.82, 2.24) is 14.7 Å². The number of hydrogen-bond acceptors (Lipinski definition) is 4. The van der Waals surface area contributed by atoms with E-state index in [1.54, 1.807) is 38.4 Å². The number of ether oxygens (including phenoxy) is 1. The SMILES string of the molecule is CN(C)C(=O)Oc1ccc(=O)n(-c2ccccc2)n1. The van der Waals surface area contributed by atoms with E-state index in [-0.39, 0.29) is 11.4 Å². The Balaban J connectivity index is 2.36. The molecule has 0 aliphatic heterocycles.